The minimum atomic E-state index is -2.24. The van der Waals surface area contributed by atoms with Gasteiger partial charge in [0.1, 0.15) is 12.7 Å². The molecule has 2 aliphatic rings. The van der Waals surface area contributed by atoms with Crippen molar-refractivity contribution in [2.24, 2.45) is 0 Å². The second-order valence-electron chi connectivity index (χ2n) is 8.69. The Bertz CT molecular complexity index is 1400. The van der Waals surface area contributed by atoms with Gasteiger partial charge >= 0.3 is 23.9 Å². The number of benzene rings is 3. The quantitative estimate of drug-likeness (QED) is 0.267. The van der Waals surface area contributed by atoms with E-state index in [9.17, 15) is 24.0 Å². The van der Waals surface area contributed by atoms with Crippen LogP contribution in [0.2, 0.25) is 0 Å². The first-order chi connectivity index (χ1) is 18.9. The molecule has 0 unspecified atom stereocenters. The van der Waals surface area contributed by atoms with Crippen molar-refractivity contribution in [1.82, 2.24) is 10.6 Å². The summed E-state index contributed by atoms with van der Waals surface area (Å²) in [6.45, 7) is -0.495. The number of carbonyl (C=O) groups excluding carboxylic acids is 5. The monoisotopic (exact) mass is 530 g/mol. The lowest BCUT2D eigenvalue weighted by molar-refractivity contribution is -0.153. The molecule has 2 aliphatic heterocycles. The topological polar surface area (TPSA) is 146 Å². The van der Waals surface area contributed by atoms with Crippen molar-refractivity contribution in [2.45, 2.75) is 24.0 Å². The summed E-state index contributed by atoms with van der Waals surface area (Å²) in [6.07, 6.45) is -4.40. The first kappa shape index (κ1) is 25.6. The molecule has 1 spiro atoms. The SMILES string of the molecule is O=C1NC(=O)[C@@]2(N1)O[C@H](COC(=O)c1ccccc1)[C@@H](OC(=O)c1ccccc1)[C@H]2OC(=O)c1ccccc1. The van der Waals surface area contributed by atoms with E-state index in [4.69, 9.17) is 18.9 Å². The van der Waals surface area contributed by atoms with Gasteiger partial charge in [0.05, 0.1) is 16.7 Å². The molecule has 3 aromatic carbocycles. The Hall–Kier alpha value is -5.03. The predicted molar refractivity (Wildman–Crippen MR) is 132 cm³/mol. The van der Waals surface area contributed by atoms with Gasteiger partial charge in [0.25, 0.3) is 11.6 Å². The highest BCUT2D eigenvalue weighted by Gasteiger charge is 2.67. The lowest BCUT2D eigenvalue weighted by Crippen LogP contribution is -2.58. The minimum Gasteiger partial charge on any atom is -0.459 e. The molecule has 0 aliphatic carbocycles. The third-order valence-corrected chi connectivity index (χ3v) is 6.15. The van der Waals surface area contributed by atoms with E-state index >= 15 is 0 Å². The highest BCUT2D eigenvalue weighted by molar-refractivity contribution is 6.07. The maximum absolute atomic E-state index is 13.0. The highest BCUT2D eigenvalue weighted by Crippen LogP contribution is 2.37. The molecule has 2 fully saturated rings. The van der Waals surface area contributed by atoms with E-state index in [-0.39, 0.29) is 16.7 Å². The minimum absolute atomic E-state index is 0.143. The number of hydrogen-bond donors (Lipinski definition) is 2. The summed E-state index contributed by atoms with van der Waals surface area (Å²) in [5, 5.41) is 4.40. The van der Waals surface area contributed by atoms with Crippen LogP contribution in [0.3, 0.4) is 0 Å². The largest absolute Gasteiger partial charge is 0.459 e. The third kappa shape index (κ3) is 5.20. The van der Waals surface area contributed by atoms with Gasteiger partial charge in [-0.05, 0) is 36.4 Å². The van der Waals surface area contributed by atoms with E-state index in [0.29, 0.717) is 0 Å². The van der Waals surface area contributed by atoms with E-state index in [2.05, 4.69) is 10.6 Å². The molecule has 198 valence electrons. The van der Waals surface area contributed by atoms with Gasteiger partial charge in [0.2, 0.25) is 0 Å². The molecule has 5 rings (SSSR count). The van der Waals surface area contributed by atoms with E-state index < -0.39 is 60.5 Å². The fraction of sp³-hybridized carbons (Fsp3) is 0.179. The molecule has 0 aromatic heterocycles. The molecule has 39 heavy (non-hydrogen) atoms. The zero-order chi connectivity index (χ0) is 27.4. The number of nitrogens with one attached hydrogen (secondary N) is 2. The van der Waals surface area contributed by atoms with Crippen molar-refractivity contribution in [1.29, 1.82) is 0 Å². The van der Waals surface area contributed by atoms with Crippen LogP contribution < -0.4 is 10.6 Å². The maximum atomic E-state index is 13.0. The molecule has 3 amide bonds. The Morgan fingerprint density at radius 2 is 1.21 bits per heavy atom. The lowest BCUT2D eigenvalue weighted by atomic mass is 10.0. The summed E-state index contributed by atoms with van der Waals surface area (Å²) in [6, 6.07) is 23.1. The fourth-order valence-electron chi connectivity index (χ4n) is 4.29. The zero-order valence-electron chi connectivity index (χ0n) is 20.3. The fourth-order valence-corrected chi connectivity index (χ4v) is 4.29. The second kappa shape index (κ2) is 10.8. The zero-order valence-corrected chi connectivity index (χ0v) is 20.3. The molecule has 2 heterocycles. The van der Waals surface area contributed by atoms with Crippen LogP contribution in [0.1, 0.15) is 31.1 Å². The summed E-state index contributed by atoms with van der Waals surface area (Å²) in [5.74, 6) is -3.34. The number of amides is 3. The molecule has 4 atom stereocenters. The van der Waals surface area contributed by atoms with Crippen molar-refractivity contribution in [2.75, 3.05) is 6.61 Å². The van der Waals surface area contributed by atoms with Crippen molar-refractivity contribution >= 4 is 29.8 Å². The van der Waals surface area contributed by atoms with Crippen LogP contribution in [0.15, 0.2) is 91.0 Å². The first-order valence-corrected chi connectivity index (χ1v) is 11.9. The van der Waals surface area contributed by atoms with Crippen LogP contribution in [0.25, 0.3) is 0 Å². The Kier molecular flexibility index (Phi) is 7.06. The summed E-state index contributed by atoms with van der Waals surface area (Å²) in [5.41, 5.74) is -1.68. The Labute approximate surface area is 222 Å². The van der Waals surface area contributed by atoms with Crippen molar-refractivity contribution in [3.8, 4) is 0 Å². The van der Waals surface area contributed by atoms with Gasteiger partial charge in [-0.2, -0.15) is 0 Å². The summed E-state index contributed by atoms with van der Waals surface area (Å²) in [7, 11) is 0. The number of urea groups is 1. The number of imide groups is 1. The molecule has 2 N–H and O–H groups in total. The number of hydrogen-bond acceptors (Lipinski definition) is 9. The van der Waals surface area contributed by atoms with Gasteiger partial charge in [-0.3, -0.25) is 15.4 Å². The number of carbonyl (C=O) groups is 5. The Morgan fingerprint density at radius 3 is 1.69 bits per heavy atom. The van der Waals surface area contributed by atoms with Crippen LogP contribution in [-0.4, -0.2) is 60.5 Å². The van der Waals surface area contributed by atoms with Gasteiger partial charge in [0.15, 0.2) is 12.2 Å². The molecular formula is C28H22N2O9. The summed E-state index contributed by atoms with van der Waals surface area (Å²) < 4.78 is 22.7. The normalized spacial score (nSPS) is 23.5. The van der Waals surface area contributed by atoms with Crippen LogP contribution >= 0.6 is 0 Å². The van der Waals surface area contributed by atoms with Gasteiger partial charge < -0.3 is 18.9 Å². The second-order valence-corrected chi connectivity index (χ2v) is 8.69. The highest BCUT2D eigenvalue weighted by atomic mass is 16.7. The van der Waals surface area contributed by atoms with Gasteiger partial charge in [-0.25, -0.2) is 19.2 Å². The van der Waals surface area contributed by atoms with Gasteiger partial charge in [0, 0.05) is 0 Å². The number of esters is 3. The average molecular weight is 530 g/mol. The summed E-state index contributed by atoms with van der Waals surface area (Å²) >= 11 is 0. The lowest BCUT2D eigenvalue weighted by Gasteiger charge is -2.28. The van der Waals surface area contributed by atoms with Gasteiger partial charge in [-0.1, -0.05) is 54.6 Å². The third-order valence-electron chi connectivity index (χ3n) is 6.15. The van der Waals surface area contributed by atoms with E-state index in [1.54, 1.807) is 66.7 Å². The number of ether oxygens (including phenoxy) is 4. The maximum Gasteiger partial charge on any atom is 0.338 e. The standard InChI is InChI=1S/C28H22N2O9/c31-23(17-10-4-1-5-11-17)36-16-20-21(37-24(32)18-12-6-2-7-13-18)22(28(39-20)26(34)29-27(35)30-28)38-25(33)19-14-8-3-9-15-19/h1-15,20-22H,16H2,(H2,29,30,34,35)/t20-,21-,22-,28+/m1/s1. The van der Waals surface area contributed by atoms with E-state index in [1.165, 1.54) is 24.3 Å². The van der Waals surface area contributed by atoms with Crippen molar-refractivity contribution in [3.63, 3.8) is 0 Å². The predicted octanol–water partition coefficient (Wildman–Crippen LogP) is 2.23. The molecule has 0 bridgehead atoms. The van der Waals surface area contributed by atoms with Crippen LogP contribution in [0.5, 0.6) is 0 Å². The van der Waals surface area contributed by atoms with Crippen LogP contribution in [-0.2, 0) is 23.7 Å². The smallest absolute Gasteiger partial charge is 0.338 e. The Balaban J connectivity index is 1.47. The van der Waals surface area contributed by atoms with E-state index in [0.717, 1.165) is 0 Å². The van der Waals surface area contributed by atoms with Crippen molar-refractivity contribution < 1.29 is 42.9 Å². The molecule has 11 nitrogen and oxygen atoms in total. The first-order valence-electron chi connectivity index (χ1n) is 11.9. The van der Waals surface area contributed by atoms with Crippen LogP contribution in [0.4, 0.5) is 4.79 Å². The number of rotatable bonds is 7. The molecule has 0 saturated carbocycles. The van der Waals surface area contributed by atoms with Crippen LogP contribution in [0, 0.1) is 0 Å². The molecule has 3 aromatic rings. The molecular weight excluding hydrogens is 508 g/mol. The van der Waals surface area contributed by atoms with Crippen molar-refractivity contribution in [3.05, 3.63) is 108 Å². The molecule has 0 radical (unpaired) electrons. The average Bonchev–Trinajstić information content (AvgIpc) is 3.42. The molecule has 2 saturated heterocycles. The summed E-state index contributed by atoms with van der Waals surface area (Å²) in [4.78, 5) is 63.8. The Morgan fingerprint density at radius 1 is 0.718 bits per heavy atom. The van der Waals surface area contributed by atoms with E-state index in [1.807, 2.05) is 0 Å². The molecule has 11 heteroatoms. The van der Waals surface area contributed by atoms with Gasteiger partial charge in [-0.15, -0.1) is 0 Å².